The van der Waals surface area contributed by atoms with Crippen molar-refractivity contribution in [3.8, 4) is 0 Å². The van der Waals surface area contributed by atoms with Crippen LogP contribution in [0.5, 0.6) is 0 Å². The number of allylic oxidation sites excluding steroid dienone is 1. The third-order valence-electron chi connectivity index (χ3n) is 2.29. The standard InChI is InChI=1S/C9H15NO5/c1-15-9(14)4-6(2-3-10)7(11)5-8(9,12)13/h4-5,11-14H,2-3,10H2,1H3. The molecule has 0 aromatic rings. The first-order valence-corrected chi connectivity index (χ1v) is 4.42. The van der Waals surface area contributed by atoms with Gasteiger partial charge >= 0.3 is 0 Å². The molecule has 0 amide bonds. The highest BCUT2D eigenvalue weighted by molar-refractivity contribution is 5.36. The smallest absolute Gasteiger partial charge is 0.246 e. The van der Waals surface area contributed by atoms with E-state index >= 15 is 0 Å². The molecule has 0 aliphatic heterocycles. The molecule has 0 bridgehead atoms. The maximum atomic E-state index is 9.73. The van der Waals surface area contributed by atoms with Gasteiger partial charge in [0.1, 0.15) is 5.76 Å². The van der Waals surface area contributed by atoms with Crippen LogP contribution in [0.1, 0.15) is 6.42 Å². The topological polar surface area (TPSA) is 116 Å². The first-order chi connectivity index (χ1) is 6.86. The summed E-state index contributed by atoms with van der Waals surface area (Å²) in [7, 11) is 1.12. The van der Waals surface area contributed by atoms with E-state index in [0.29, 0.717) is 18.1 Å². The predicted octanol–water partition coefficient (Wildman–Crippen LogP) is -1.27. The van der Waals surface area contributed by atoms with Crippen LogP contribution in [0.15, 0.2) is 23.5 Å². The Bertz CT molecular complexity index is 310. The lowest BCUT2D eigenvalue weighted by atomic mass is 9.92. The van der Waals surface area contributed by atoms with Gasteiger partial charge in [0.25, 0.3) is 0 Å². The molecule has 1 unspecified atom stereocenters. The van der Waals surface area contributed by atoms with E-state index in [1.54, 1.807) is 0 Å². The Balaban J connectivity index is 3.10. The van der Waals surface area contributed by atoms with Gasteiger partial charge in [-0.25, -0.2) is 0 Å². The fourth-order valence-corrected chi connectivity index (χ4v) is 1.37. The second kappa shape index (κ2) is 3.92. The maximum absolute atomic E-state index is 9.73. The molecule has 6 nitrogen and oxygen atoms in total. The average Bonchev–Trinajstić information content (AvgIpc) is 2.14. The molecule has 15 heavy (non-hydrogen) atoms. The minimum atomic E-state index is -2.66. The van der Waals surface area contributed by atoms with Gasteiger partial charge in [0.2, 0.25) is 11.6 Å². The molecule has 0 saturated heterocycles. The van der Waals surface area contributed by atoms with Crippen LogP contribution < -0.4 is 5.73 Å². The van der Waals surface area contributed by atoms with Crippen molar-refractivity contribution in [1.29, 1.82) is 0 Å². The molecule has 0 spiro atoms. The zero-order valence-electron chi connectivity index (χ0n) is 8.34. The Morgan fingerprint density at radius 1 is 1.33 bits per heavy atom. The van der Waals surface area contributed by atoms with Crippen molar-refractivity contribution in [3.63, 3.8) is 0 Å². The summed E-state index contributed by atoms with van der Waals surface area (Å²) < 4.78 is 4.60. The maximum Gasteiger partial charge on any atom is 0.246 e. The summed E-state index contributed by atoms with van der Waals surface area (Å²) in [5, 5.41) is 38.0. The summed E-state index contributed by atoms with van der Waals surface area (Å²) in [6.07, 6.45) is 2.04. The van der Waals surface area contributed by atoms with Crippen molar-refractivity contribution in [2.45, 2.75) is 18.0 Å². The van der Waals surface area contributed by atoms with Crippen LogP contribution in [0, 0.1) is 0 Å². The number of aliphatic hydroxyl groups excluding tert-OH is 1. The molecule has 1 aliphatic rings. The molecule has 6 N–H and O–H groups in total. The van der Waals surface area contributed by atoms with Crippen LogP contribution in [0.2, 0.25) is 0 Å². The first kappa shape index (κ1) is 12.2. The van der Waals surface area contributed by atoms with Crippen molar-refractivity contribution in [1.82, 2.24) is 0 Å². The van der Waals surface area contributed by atoms with Gasteiger partial charge in [-0.15, -0.1) is 0 Å². The van der Waals surface area contributed by atoms with Crippen LogP contribution in [-0.2, 0) is 4.74 Å². The van der Waals surface area contributed by atoms with Gasteiger partial charge < -0.3 is 30.9 Å². The monoisotopic (exact) mass is 217 g/mol. The fraction of sp³-hybridized carbons (Fsp3) is 0.556. The molecule has 6 heteroatoms. The largest absolute Gasteiger partial charge is 0.508 e. The van der Waals surface area contributed by atoms with Crippen molar-refractivity contribution in [3.05, 3.63) is 23.5 Å². The molecular weight excluding hydrogens is 202 g/mol. The highest BCUT2D eigenvalue weighted by Crippen LogP contribution is 2.33. The fourth-order valence-electron chi connectivity index (χ4n) is 1.37. The third-order valence-corrected chi connectivity index (χ3v) is 2.29. The van der Waals surface area contributed by atoms with Crippen LogP contribution >= 0.6 is 0 Å². The van der Waals surface area contributed by atoms with E-state index in [1.807, 2.05) is 0 Å². The Hall–Kier alpha value is -0.920. The SMILES string of the molecule is COC1(O)C=C(CCN)C(O)=CC1(O)O. The average molecular weight is 217 g/mol. The van der Waals surface area contributed by atoms with Gasteiger partial charge in [0, 0.05) is 13.2 Å². The molecular formula is C9H15NO5. The highest BCUT2D eigenvalue weighted by Gasteiger charge is 2.49. The second-order valence-corrected chi connectivity index (χ2v) is 3.36. The van der Waals surface area contributed by atoms with E-state index in [1.165, 1.54) is 0 Å². The number of methoxy groups -OCH3 is 1. The highest BCUT2D eigenvalue weighted by atomic mass is 16.7. The second-order valence-electron chi connectivity index (χ2n) is 3.36. The number of ether oxygens (including phenoxy) is 1. The summed E-state index contributed by atoms with van der Waals surface area (Å²) in [5.41, 5.74) is 5.60. The van der Waals surface area contributed by atoms with E-state index in [4.69, 9.17) is 5.73 Å². The molecule has 1 atom stereocenters. The van der Waals surface area contributed by atoms with E-state index in [-0.39, 0.29) is 12.3 Å². The minimum absolute atomic E-state index is 0.257. The molecule has 0 radical (unpaired) electrons. The Kier molecular flexibility index (Phi) is 3.17. The zero-order valence-corrected chi connectivity index (χ0v) is 8.34. The molecule has 0 fully saturated rings. The first-order valence-electron chi connectivity index (χ1n) is 4.42. The minimum Gasteiger partial charge on any atom is -0.508 e. The molecule has 0 heterocycles. The summed E-state index contributed by atoms with van der Waals surface area (Å²) in [5.74, 6) is -5.26. The summed E-state index contributed by atoms with van der Waals surface area (Å²) in [6.45, 7) is 0.257. The van der Waals surface area contributed by atoms with Crippen LogP contribution in [0.25, 0.3) is 0 Å². The summed E-state index contributed by atoms with van der Waals surface area (Å²) >= 11 is 0. The van der Waals surface area contributed by atoms with Gasteiger partial charge in [0.15, 0.2) is 0 Å². The molecule has 1 aliphatic carbocycles. The number of nitrogens with two attached hydrogens (primary N) is 1. The number of hydrogen-bond acceptors (Lipinski definition) is 6. The summed E-state index contributed by atoms with van der Waals surface area (Å²) in [4.78, 5) is 0. The third kappa shape index (κ3) is 2.04. The number of aliphatic hydroxyl groups is 4. The lowest BCUT2D eigenvalue weighted by molar-refractivity contribution is -0.319. The number of hydrogen-bond donors (Lipinski definition) is 5. The lowest BCUT2D eigenvalue weighted by Gasteiger charge is -2.37. The van der Waals surface area contributed by atoms with Crippen molar-refractivity contribution in [2.24, 2.45) is 5.73 Å². The van der Waals surface area contributed by atoms with Crippen LogP contribution in [-0.4, -0.2) is 45.7 Å². The number of rotatable bonds is 3. The van der Waals surface area contributed by atoms with Gasteiger partial charge in [-0.05, 0) is 24.6 Å². The molecule has 0 aromatic carbocycles. The molecule has 0 saturated carbocycles. The van der Waals surface area contributed by atoms with E-state index in [9.17, 15) is 20.4 Å². The van der Waals surface area contributed by atoms with Gasteiger partial charge in [-0.1, -0.05) is 0 Å². The quantitative estimate of drug-likeness (QED) is 0.376. The van der Waals surface area contributed by atoms with Crippen LogP contribution in [0.3, 0.4) is 0 Å². The predicted molar refractivity (Wildman–Crippen MR) is 51.6 cm³/mol. The zero-order chi connectivity index (χ0) is 11.7. The Morgan fingerprint density at radius 2 is 1.93 bits per heavy atom. The molecule has 1 rings (SSSR count). The molecule has 0 aromatic heterocycles. The van der Waals surface area contributed by atoms with Gasteiger partial charge in [0.05, 0.1) is 0 Å². The van der Waals surface area contributed by atoms with Crippen LogP contribution in [0.4, 0.5) is 0 Å². The summed E-state index contributed by atoms with van der Waals surface area (Å²) in [6, 6.07) is 0. The normalized spacial score (nSPS) is 29.7. The van der Waals surface area contributed by atoms with Crippen molar-refractivity contribution >= 4 is 0 Å². The Morgan fingerprint density at radius 3 is 2.40 bits per heavy atom. The van der Waals surface area contributed by atoms with E-state index < -0.39 is 11.6 Å². The van der Waals surface area contributed by atoms with E-state index in [2.05, 4.69) is 4.74 Å². The van der Waals surface area contributed by atoms with Gasteiger partial charge in [-0.2, -0.15) is 0 Å². The van der Waals surface area contributed by atoms with E-state index in [0.717, 1.165) is 13.2 Å². The van der Waals surface area contributed by atoms with Crippen molar-refractivity contribution < 1.29 is 25.2 Å². The molecule has 86 valence electrons. The van der Waals surface area contributed by atoms with Gasteiger partial charge in [-0.3, -0.25) is 0 Å². The lowest BCUT2D eigenvalue weighted by Crippen LogP contribution is -2.55. The Labute approximate surface area is 86.9 Å². The van der Waals surface area contributed by atoms with Crippen molar-refractivity contribution in [2.75, 3.05) is 13.7 Å².